The lowest BCUT2D eigenvalue weighted by atomic mass is 9.93. The second-order valence-electron chi connectivity index (χ2n) is 6.47. The van der Waals surface area contributed by atoms with Crippen LogP contribution in [0.5, 0.6) is 0 Å². The highest BCUT2D eigenvalue weighted by molar-refractivity contribution is 5.50. The van der Waals surface area contributed by atoms with Crippen LogP contribution < -0.4 is 9.80 Å². The van der Waals surface area contributed by atoms with E-state index in [2.05, 4.69) is 37.0 Å². The predicted octanol–water partition coefficient (Wildman–Crippen LogP) is 1.43. The number of hydrogen-bond donors (Lipinski definition) is 0. The van der Waals surface area contributed by atoms with Gasteiger partial charge in [0.25, 0.3) is 0 Å². The number of piperidine rings is 1. The van der Waals surface area contributed by atoms with Crippen molar-refractivity contribution in [2.24, 2.45) is 7.05 Å². The van der Waals surface area contributed by atoms with Gasteiger partial charge in [-0.05, 0) is 18.9 Å². The second-order valence-corrected chi connectivity index (χ2v) is 6.47. The maximum absolute atomic E-state index is 5.42. The van der Waals surface area contributed by atoms with Crippen LogP contribution in [-0.4, -0.2) is 59.1 Å². The molecule has 0 aromatic carbocycles. The Morgan fingerprint density at radius 2 is 1.67 bits per heavy atom. The Bertz CT molecular complexity index is 673. The summed E-state index contributed by atoms with van der Waals surface area (Å²) in [4.78, 5) is 13.6. The minimum absolute atomic E-state index is 0.592. The molecule has 0 N–H and O–H groups in total. The highest BCUT2D eigenvalue weighted by Gasteiger charge is 2.24. The van der Waals surface area contributed by atoms with Crippen LogP contribution in [0.3, 0.4) is 0 Å². The minimum Gasteiger partial charge on any atom is -0.378 e. The smallest absolute Gasteiger partial charge is 0.134 e. The molecule has 0 atom stereocenters. The highest BCUT2D eigenvalue weighted by Crippen LogP contribution is 2.30. The molecule has 4 heterocycles. The van der Waals surface area contributed by atoms with E-state index >= 15 is 0 Å². The van der Waals surface area contributed by atoms with Crippen molar-refractivity contribution in [1.29, 1.82) is 0 Å². The van der Waals surface area contributed by atoms with Gasteiger partial charge < -0.3 is 14.5 Å². The van der Waals surface area contributed by atoms with Crippen LogP contribution in [0, 0.1) is 0 Å². The molecule has 2 aromatic heterocycles. The zero-order valence-electron chi connectivity index (χ0n) is 14.1. The fourth-order valence-corrected chi connectivity index (χ4v) is 3.66. The number of nitrogens with zero attached hydrogens (tertiary/aromatic N) is 6. The molecule has 0 radical (unpaired) electrons. The van der Waals surface area contributed by atoms with Gasteiger partial charge in [0.1, 0.15) is 18.0 Å². The van der Waals surface area contributed by atoms with Gasteiger partial charge in [0.05, 0.1) is 13.2 Å². The molecule has 2 aromatic rings. The van der Waals surface area contributed by atoms with Gasteiger partial charge in [-0.3, -0.25) is 4.68 Å². The molecule has 0 amide bonds. The third-order valence-electron chi connectivity index (χ3n) is 5.07. The van der Waals surface area contributed by atoms with Crippen LogP contribution in [0.4, 0.5) is 11.6 Å². The van der Waals surface area contributed by atoms with Gasteiger partial charge in [-0.2, -0.15) is 5.10 Å². The van der Waals surface area contributed by atoms with Crippen LogP contribution in [0.15, 0.2) is 24.7 Å². The number of anilines is 2. The van der Waals surface area contributed by atoms with Gasteiger partial charge in [0.2, 0.25) is 0 Å². The summed E-state index contributed by atoms with van der Waals surface area (Å²) in [5.41, 5.74) is 1.34. The Kier molecular flexibility index (Phi) is 4.34. The number of morpholine rings is 1. The molecular weight excluding hydrogens is 304 g/mol. The van der Waals surface area contributed by atoms with Crippen molar-refractivity contribution in [3.8, 4) is 0 Å². The average Bonchev–Trinajstić information content (AvgIpc) is 3.09. The van der Waals surface area contributed by atoms with E-state index in [1.165, 1.54) is 5.69 Å². The first-order valence-electron chi connectivity index (χ1n) is 8.69. The summed E-state index contributed by atoms with van der Waals surface area (Å²) in [6.45, 7) is 5.40. The van der Waals surface area contributed by atoms with Crippen molar-refractivity contribution in [3.05, 3.63) is 30.4 Å². The van der Waals surface area contributed by atoms with E-state index in [1.807, 2.05) is 17.9 Å². The highest BCUT2D eigenvalue weighted by atomic mass is 16.5. The Balaban J connectivity index is 1.43. The maximum Gasteiger partial charge on any atom is 0.134 e. The zero-order valence-corrected chi connectivity index (χ0v) is 14.1. The zero-order chi connectivity index (χ0) is 16.4. The lowest BCUT2D eigenvalue weighted by Crippen LogP contribution is -2.37. The molecule has 7 nitrogen and oxygen atoms in total. The molecule has 2 aliphatic heterocycles. The number of hydrogen-bond acceptors (Lipinski definition) is 6. The number of aromatic nitrogens is 4. The van der Waals surface area contributed by atoms with Gasteiger partial charge in [0.15, 0.2) is 0 Å². The fraction of sp³-hybridized carbons (Fsp3) is 0.588. The first-order valence-corrected chi connectivity index (χ1v) is 8.69. The van der Waals surface area contributed by atoms with E-state index in [0.29, 0.717) is 5.92 Å². The fourth-order valence-electron chi connectivity index (χ4n) is 3.66. The molecule has 0 spiro atoms. The normalized spacial score (nSPS) is 19.7. The van der Waals surface area contributed by atoms with Crippen LogP contribution in [-0.2, 0) is 11.8 Å². The molecule has 2 fully saturated rings. The molecule has 0 aliphatic carbocycles. The molecule has 0 bridgehead atoms. The van der Waals surface area contributed by atoms with E-state index in [9.17, 15) is 0 Å². The van der Waals surface area contributed by atoms with Crippen molar-refractivity contribution in [2.45, 2.75) is 18.8 Å². The number of aryl methyl sites for hydroxylation is 1. The number of ether oxygens (including phenoxy) is 1. The first-order chi connectivity index (χ1) is 11.8. The summed E-state index contributed by atoms with van der Waals surface area (Å²) in [5, 5.41) is 4.30. The van der Waals surface area contributed by atoms with Gasteiger partial charge in [-0.1, -0.05) is 0 Å². The summed E-state index contributed by atoms with van der Waals surface area (Å²) in [6, 6.07) is 4.26. The van der Waals surface area contributed by atoms with Crippen molar-refractivity contribution >= 4 is 11.6 Å². The van der Waals surface area contributed by atoms with Gasteiger partial charge >= 0.3 is 0 Å². The van der Waals surface area contributed by atoms with Gasteiger partial charge in [-0.25, -0.2) is 9.97 Å². The standard InChI is InChI=1S/C17H24N6O/c1-21-15(2-5-20-21)14-3-6-22(7-4-14)16-12-17(19-13-18-16)23-8-10-24-11-9-23/h2,5,12-14H,3-4,6-11H2,1H3. The summed E-state index contributed by atoms with van der Waals surface area (Å²) >= 11 is 0. The van der Waals surface area contributed by atoms with Crippen LogP contribution >= 0.6 is 0 Å². The van der Waals surface area contributed by atoms with E-state index in [-0.39, 0.29) is 0 Å². The second kappa shape index (κ2) is 6.76. The van der Waals surface area contributed by atoms with E-state index in [4.69, 9.17) is 4.74 Å². The van der Waals surface area contributed by atoms with Crippen molar-refractivity contribution in [1.82, 2.24) is 19.7 Å². The third kappa shape index (κ3) is 3.08. The SMILES string of the molecule is Cn1nccc1C1CCN(c2cc(N3CCOCC3)ncn2)CC1. The molecule has 2 saturated heterocycles. The van der Waals surface area contributed by atoms with Crippen molar-refractivity contribution in [3.63, 3.8) is 0 Å². The maximum atomic E-state index is 5.42. The van der Waals surface area contributed by atoms with Gasteiger partial charge in [-0.15, -0.1) is 0 Å². The molecule has 4 rings (SSSR count). The molecule has 128 valence electrons. The molecular formula is C17H24N6O. The third-order valence-corrected chi connectivity index (χ3v) is 5.07. The van der Waals surface area contributed by atoms with Crippen molar-refractivity contribution < 1.29 is 4.74 Å². The Morgan fingerprint density at radius 3 is 2.29 bits per heavy atom. The van der Waals surface area contributed by atoms with Crippen LogP contribution in [0.25, 0.3) is 0 Å². The van der Waals surface area contributed by atoms with Gasteiger partial charge in [0, 0.05) is 57.1 Å². The molecule has 24 heavy (non-hydrogen) atoms. The lowest BCUT2D eigenvalue weighted by molar-refractivity contribution is 0.122. The topological polar surface area (TPSA) is 59.3 Å². The molecule has 0 unspecified atom stereocenters. The first kappa shape index (κ1) is 15.4. The minimum atomic E-state index is 0.592. The number of rotatable bonds is 3. The Labute approximate surface area is 142 Å². The molecule has 2 aliphatic rings. The van der Waals surface area contributed by atoms with E-state index in [1.54, 1.807) is 6.33 Å². The summed E-state index contributed by atoms with van der Waals surface area (Å²) in [6.07, 6.45) is 5.85. The summed E-state index contributed by atoms with van der Waals surface area (Å²) < 4.78 is 7.42. The largest absolute Gasteiger partial charge is 0.378 e. The predicted molar refractivity (Wildman–Crippen MR) is 92.5 cm³/mol. The molecule has 7 heteroatoms. The van der Waals surface area contributed by atoms with Crippen LogP contribution in [0.2, 0.25) is 0 Å². The van der Waals surface area contributed by atoms with Crippen LogP contribution in [0.1, 0.15) is 24.5 Å². The van der Waals surface area contributed by atoms with E-state index < -0.39 is 0 Å². The van der Waals surface area contributed by atoms with E-state index in [0.717, 1.165) is 63.9 Å². The Hall–Kier alpha value is -2.15. The quantitative estimate of drug-likeness (QED) is 0.849. The summed E-state index contributed by atoms with van der Waals surface area (Å²) in [7, 11) is 2.03. The monoisotopic (exact) mass is 328 g/mol. The lowest BCUT2D eigenvalue weighted by Gasteiger charge is -2.33. The summed E-state index contributed by atoms with van der Waals surface area (Å²) in [5.74, 6) is 2.64. The Morgan fingerprint density at radius 1 is 1.00 bits per heavy atom. The molecule has 0 saturated carbocycles. The van der Waals surface area contributed by atoms with Crippen molar-refractivity contribution in [2.75, 3.05) is 49.2 Å². The average molecular weight is 328 g/mol.